The molecule has 0 heterocycles. The normalized spacial score (nSPS) is 12.7. The molecule has 0 saturated carbocycles. The average Bonchev–Trinajstić information content (AvgIpc) is 2.64. The Labute approximate surface area is 168 Å². The van der Waals surface area contributed by atoms with Gasteiger partial charge in [0, 0.05) is 0 Å². The third-order valence-electron chi connectivity index (χ3n) is 4.87. The van der Waals surface area contributed by atoms with E-state index in [1.165, 1.54) is 55.2 Å². The maximum absolute atomic E-state index is 4.04. The van der Waals surface area contributed by atoms with E-state index in [4.69, 9.17) is 0 Å². The lowest BCUT2D eigenvalue weighted by molar-refractivity contribution is 0.525. The number of aryl methyl sites for hydroxylation is 1. The third kappa shape index (κ3) is 14.0. The van der Waals surface area contributed by atoms with E-state index in [1.54, 1.807) is 0 Å². The summed E-state index contributed by atoms with van der Waals surface area (Å²) >= 11 is 0. The van der Waals surface area contributed by atoms with Gasteiger partial charge in [-0.05, 0) is 89.5 Å². The fourth-order valence-electron chi connectivity index (χ4n) is 3.25. The van der Waals surface area contributed by atoms with Gasteiger partial charge in [-0.2, -0.15) is 0 Å². The first-order valence-corrected chi connectivity index (χ1v) is 10.7. The molecule has 1 aromatic rings. The number of unbranched alkanes of at least 4 members (excludes halogenated alkanes) is 1. The smallest absolute Gasteiger partial charge is 0.0230 e. The highest BCUT2D eigenvalue weighted by molar-refractivity contribution is 5.15. The van der Waals surface area contributed by atoms with Crippen molar-refractivity contribution in [2.24, 2.45) is 5.92 Å². The van der Waals surface area contributed by atoms with E-state index in [2.05, 4.69) is 81.6 Å². The van der Waals surface area contributed by atoms with Crippen molar-refractivity contribution in [3.8, 4) is 0 Å². The van der Waals surface area contributed by atoms with Crippen LogP contribution in [0.15, 0.2) is 78.9 Å². The van der Waals surface area contributed by atoms with Gasteiger partial charge in [0.25, 0.3) is 0 Å². The van der Waals surface area contributed by atoms with E-state index in [0.29, 0.717) is 5.92 Å². The monoisotopic (exact) mass is 364 g/mol. The predicted octanol–water partition coefficient (Wildman–Crippen LogP) is 8.62. The summed E-state index contributed by atoms with van der Waals surface area (Å²) < 4.78 is 0. The van der Waals surface area contributed by atoms with Crippen LogP contribution in [-0.2, 0) is 6.42 Å². The molecule has 1 rings (SSSR count). The zero-order valence-corrected chi connectivity index (χ0v) is 17.8. The lowest BCUT2D eigenvalue weighted by Gasteiger charge is -2.12. The molecule has 0 N–H and O–H groups in total. The molecule has 0 radical (unpaired) electrons. The molecule has 0 bridgehead atoms. The Bertz CT molecular complexity index is 573. The molecule has 0 aromatic heterocycles. The van der Waals surface area contributed by atoms with Crippen molar-refractivity contribution in [3.63, 3.8) is 0 Å². The molecule has 1 aromatic carbocycles. The first-order valence-electron chi connectivity index (χ1n) is 10.7. The molecule has 0 saturated heterocycles. The van der Waals surface area contributed by atoms with Gasteiger partial charge < -0.3 is 0 Å². The molecule has 0 aliphatic rings. The summed E-state index contributed by atoms with van der Waals surface area (Å²) in [7, 11) is 0. The fraction of sp³-hybridized carbons (Fsp3) is 0.481. The van der Waals surface area contributed by atoms with Crippen LogP contribution in [-0.4, -0.2) is 0 Å². The van der Waals surface area contributed by atoms with Crippen LogP contribution in [0.5, 0.6) is 0 Å². The summed E-state index contributed by atoms with van der Waals surface area (Å²) in [6.45, 7) is 12.3. The lowest BCUT2D eigenvalue weighted by atomic mass is 9.94. The van der Waals surface area contributed by atoms with Crippen molar-refractivity contribution in [2.75, 3.05) is 0 Å². The molecule has 0 nitrogen and oxygen atoms in total. The second kappa shape index (κ2) is 15.3. The molecule has 0 fully saturated rings. The SMILES string of the molecule is C=C(C)CCC/C=C\CCC(/C=C/CCc1ccccc1)CCCC(=C)C. The van der Waals surface area contributed by atoms with E-state index < -0.39 is 0 Å². The number of allylic oxidation sites excluding steroid dienone is 6. The van der Waals surface area contributed by atoms with Crippen molar-refractivity contribution in [1.82, 2.24) is 0 Å². The van der Waals surface area contributed by atoms with Crippen molar-refractivity contribution in [1.29, 1.82) is 0 Å². The van der Waals surface area contributed by atoms with Gasteiger partial charge in [0.05, 0.1) is 0 Å². The van der Waals surface area contributed by atoms with E-state index in [-0.39, 0.29) is 0 Å². The van der Waals surface area contributed by atoms with Crippen molar-refractivity contribution < 1.29 is 0 Å². The zero-order valence-electron chi connectivity index (χ0n) is 17.8. The van der Waals surface area contributed by atoms with Crippen molar-refractivity contribution in [2.45, 2.75) is 78.1 Å². The van der Waals surface area contributed by atoms with E-state index in [0.717, 1.165) is 25.7 Å². The minimum Gasteiger partial charge on any atom is -0.100 e. The van der Waals surface area contributed by atoms with Crippen LogP contribution in [0.2, 0.25) is 0 Å². The third-order valence-corrected chi connectivity index (χ3v) is 4.87. The Hall–Kier alpha value is -1.82. The molecule has 0 spiro atoms. The van der Waals surface area contributed by atoms with E-state index in [1.807, 2.05) is 0 Å². The summed E-state index contributed by atoms with van der Waals surface area (Å²) in [6.07, 6.45) is 21.6. The second-order valence-electron chi connectivity index (χ2n) is 7.96. The number of rotatable bonds is 15. The molecule has 0 heteroatoms. The molecular weight excluding hydrogens is 324 g/mol. The summed E-state index contributed by atoms with van der Waals surface area (Å²) in [5.41, 5.74) is 4.03. The highest BCUT2D eigenvalue weighted by atomic mass is 14.1. The van der Waals surface area contributed by atoms with Gasteiger partial charge in [-0.1, -0.05) is 65.8 Å². The standard InChI is InChI=1S/C27H40/c1-24(2)16-9-6-5-7-10-18-27(23-15-17-25(3)4)22-14-13-21-26-19-11-8-12-20-26/h5,7-8,11-12,14,19-20,22,27H,1,3,6,9-10,13,15-18,21,23H2,2,4H3/b7-5-,22-14+. The molecule has 1 unspecified atom stereocenters. The van der Waals surface area contributed by atoms with Crippen LogP contribution < -0.4 is 0 Å². The van der Waals surface area contributed by atoms with Gasteiger partial charge in [0.2, 0.25) is 0 Å². The Morgan fingerprint density at radius 3 is 2.19 bits per heavy atom. The highest BCUT2D eigenvalue weighted by Crippen LogP contribution is 2.19. The second-order valence-corrected chi connectivity index (χ2v) is 7.96. The van der Waals surface area contributed by atoms with Crippen LogP contribution in [0.25, 0.3) is 0 Å². The lowest BCUT2D eigenvalue weighted by Crippen LogP contribution is -1.97. The molecule has 0 aliphatic heterocycles. The van der Waals surface area contributed by atoms with Crippen LogP contribution in [0.4, 0.5) is 0 Å². The first kappa shape index (κ1) is 23.2. The summed E-state index contributed by atoms with van der Waals surface area (Å²) in [5, 5.41) is 0. The number of hydrogen-bond acceptors (Lipinski definition) is 0. The minimum atomic E-state index is 0.695. The Kier molecular flexibility index (Phi) is 13.1. The largest absolute Gasteiger partial charge is 0.100 e. The first-order chi connectivity index (χ1) is 13.1. The number of hydrogen-bond donors (Lipinski definition) is 0. The Morgan fingerprint density at radius 2 is 1.48 bits per heavy atom. The quantitative estimate of drug-likeness (QED) is 0.216. The van der Waals surface area contributed by atoms with Crippen LogP contribution in [0, 0.1) is 5.92 Å². The topological polar surface area (TPSA) is 0 Å². The molecule has 0 amide bonds. The van der Waals surface area contributed by atoms with Crippen molar-refractivity contribution in [3.05, 3.63) is 84.5 Å². The summed E-state index contributed by atoms with van der Waals surface area (Å²) in [4.78, 5) is 0. The van der Waals surface area contributed by atoms with Crippen LogP contribution in [0.3, 0.4) is 0 Å². The van der Waals surface area contributed by atoms with Crippen molar-refractivity contribution >= 4 is 0 Å². The van der Waals surface area contributed by atoms with E-state index in [9.17, 15) is 0 Å². The average molecular weight is 365 g/mol. The molecule has 27 heavy (non-hydrogen) atoms. The molecular formula is C27H40. The maximum atomic E-state index is 4.04. The minimum absolute atomic E-state index is 0.695. The van der Waals surface area contributed by atoms with Gasteiger partial charge in [-0.3, -0.25) is 0 Å². The number of benzene rings is 1. The zero-order chi connectivity index (χ0) is 19.7. The van der Waals surface area contributed by atoms with Gasteiger partial charge in [-0.25, -0.2) is 0 Å². The Morgan fingerprint density at radius 1 is 0.815 bits per heavy atom. The summed E-state index contributed by atoms with van der Waals surface area (Å²) in [5.74, 6) is 0.695. The fourth-order valence-corrected chi connectivity index (χ4v) is 3.25. The molecule has 1 atom stereocenters. The summed E-state index contributed by atoms with van der Waals surface area (Å²) in [6, 6.07) is 10.8. The van der Waals surface area contributed by atoms with E-state index >= 15 is 0 Å². The Balaban J connectivity index is 2.34. The van der Waals surface area contributed by atoms with Crippen LogP contribution in [0.1, 0.15) is 77.2 Å². The maximum Gasteiger partial charge on any atom is -0.0230 e. The van der Waals surface area contributed by atoms with Gasteiger partial charge in [0.15, 0.2) is 0 Å². The van der Waals surface area contributed by atoms with Gasteiger partial charge in [-0.15, -0.1) is 13.2 Å². The molecule has 0 aliphatic carbocycles. The molecule has 148 valence electrons. The highest BCUT2D eigenvalue weighted by Gasteiger charge is 2.04. The van der Waals surface area contributed by atoms with Crippen LogP contribution >= 0.6 is 0 Å². The van der Waals surface area contributed by atoms with Gasteiger partial charge in [0.1, 0.15) is 0 Å². The predicted molar refractivity (Wildman–Crippen MR) is 123 cm³/mol. The van der Waals surface area contributed by atoms with Gasteiger partial charge >= 0.3 is 0 Å².